The number of rotatable bonds is 8. The Hall–Kier alpha value is -3.42. The summed E-state index contributed by atoms with van der Waals surface area (Å²) in [5.74, 6) is -0.276. The van der Waals surface area contributed by atoms with E-state index in [-0.39, 0.29) is 30.7 Å². The van der Waals surface area contributed by atoms with Gasteiger partial charge in [-0.2, -0.15) is 0 Å². The van der Waals surface area contributed by atoms with Crippen LogP contribution in [0.1, 0.15) is 43.2 Å². The van der Waals surface area contributed by atoms with E-state index in [2.05, 4.69) is 10.6 Å². The molecule has 0 unspecified atom stereocenters. The summed E-state index contributed by atoms with van der Waals surface area (Å²) in [7, 11) is 0. The van der Waals surface area contributed by atoms with E-state index in [1.54, 1.807) is 12.1 Å². The van der Waals surface area contributed by atoms with Crippen molar-refractivity contribution in [3.8, 4) is 0 Å². The third-order valence-corrected chi connectivity index (χ3v) is 5.36. The summed E-state index contributed by atoms with van der Waals surface area (Å²) in [6, 6.07) is 14.5. The van der Waals surface area contributed by atoms with Crippen LogP contribution in [0.5, 0.6) is 0 Å². The standard InChI is InChI=1S/C23H27N3O5/c27-22(24-19-9-5-2-6-10-19)21(15-17-11-13-20(14-12-17)26(29)30)25-23(28)31-16-18-7-3-1-4-8-18/h1,3-4,7-8,11-14,19,21H,2,5-6,9-10,15-16H2,(H,24,27)(H,25,28)/t21-/m1/s1. The topological polar surface area (TPSA) is 111 Å². The molecule has 0 heterocycles. The van der Waals surface area contributed by atoms with E-state index >= 15 is 0 Å². The first kappa shape index (κ1) is 22.3. The maximum Gasteiger partial charge on any atom is 0.408 e. The fraction of sp³-hybridized carbons (Fsp3) is 0.391. The van der Waals surface area contributed by atoms with Crippen LogP contribution < -0.4 is 10.6 Å². The fourth-order valence-corrected chi connectivity index (χ4v) is 3.65. The van der Waals surface area contributed by atoms with Crippen molar-refractivity contribution in [2.24, 2.45) is 0 Å². The summed E-state index contributed by atoms with van der Waals surface area (Å²) in [4.78, 5) is 35.7. The number of non-ortho nitro benzene ring substituents is 1. The number of benzene rings is 2. The van der Waals surface area contributed by atoms with Crippen molar-refractivity contribution in [1.29, 1.82) is 0 Å². The van der Waals surface area contributed by atoms with E-state index < -0.39 is 17.1 Å². The van der Waals surface area contributed by atoms with E-state index in [0.717, 1.165) is 31.2 Å². The van der Waals surface area contributed by atoms with Crippen molar-refractivity contribution in [3.63, 3.8) is 0 Å². The van der Waals surface area contributed by atoms with Crippen molar-refractivity contribution in [2.45, 2.75) is 57.2 Å². The van der Waals surface area contributed by atoms with Crippen LogP contribution in [0.25, 0.3) is 0 Å². The molecule has 0 aliphatic heterocycles. The average Bonchev–Trinajstić information content (AvgIpc) is 2.79. The lowest BCUT2D eigenvalue weighted by molar-refractivity contribution is -0.384. The Morgan fingerprint density at radius 2 is 1.68 bits per heavy atom. The molecule has 1 aliphatic rings. The zero-order valence-corrected chi connectivity index (χ0v) is 17.3. The Balaban J connectivity index is 1.64. The number of alkyl carbamates (subject to hydrolysis) is 1. The molecule has 8 nitrogen and oxygen atoms in total. The van der Waals surface area contributed by atoms with Crippen molar-refractivity contribution >= 4 is 17.7 Å². The quantitative estimate of drug-likeness (QED) is 0.493. The molecular weight excluding hydrogens is 398 g/mol. The molecule has 2 amide bonds. The smallest absolute Gasteiger partial charge is 0.408 e. The molecule has 2 aromatic carbocycles. The summed E-state index contributed by atoms with van der Waals surface area (Å²) >= 11 is 0. The lowest BCUT2D eigenvalue weighted by atomic mass is 9.95. The first-order valence-electron chi connectivity index (χ1n) is 10.5. The molecule has 31 heavy (non-hydrogen) atoms. The van der Waals surface area contributed by atoms with Gasteiger partial charge in [0.05, 0.1) is 4.92 Å². The largest absolute Gasteiger partial charge is 0.445 e. The number of nitrogens with zero attached hydrogens (tertiary/aromatic N) is 1. The zero-order chi connectivity index (χ0) is 22.1. The van der Waals surface area contributed by atoms with Gasteiger partial charge in [-0.05, 0) is 24.0 Å². The van der Waals surface area contributed by atoms with Crippen LogP contribution in [0.3, 0.4) is 0 Å². The molecule has 1 atom stereocenters. The molecule has 8 heteroatoms. The highest BCUT2D eigenvalue weighted by Crippen LogP contribution is 2.18. The van der Waals surface area contributed by atoms with E-state index in [1.807, 2.05) is 30.3 Å². The van der Waals surface area contributed by atoms with Crippen LogP contribution in [0.2, 0.25) is 0 Å². The summed E-state index contributed by atoms with van der Waals surface area (Å²) in [5.41, 5.74) is 1.52. The van der Waals surface area contributed by atoms with E-state index in [0.29, 0.717) is 5.56 Å². The highest BCUT2D eigenvalue weighted by atomic mass is 16.6. The van der Waals surface area contributed by atoms with E-state index in [4.69, 9.17) is 4.74 Å². The van der Waals surface area contributed by atoms with Gasteiger partial charge >= 0.3 is 6.09 Å². The summed E-state index contributed by atoms with van der Waals surface area (Å²) < 4.78 is 5.27. The van der Waals surface area contributed by atoms with Crippen LogP contribution in [0, 0.1) is 10.1 Å². The summed E-state index contributed by atoms with van der Waals surface area (Å²) in [6.07, 6.45) is 4.69. The number of nitrogens with one attached hydrogen (secondary N) is 2. The monoisotopic (exact) mass is 425 g/mol. The molecule has 1 fully saturated rings. The Bertz CT molecular complexity index is 880. The van der Waals surface area contributed by atoms with Crippen LogP contribution in [-0.4, -0.2) is 29.0 Å². The molecule has 0 saturated heterocycles. The minimum atomic E-state index is -0.841. The number of nitro benzene ring substituents is 1. The van der Waals surface area contributed by atoms with Crippen molar-refractivity contribution < 1.29 is 19.2 Å². The lowest BCUT2D eigenvalue weighted by Crippen LogP contribution is -2.51. The Kier molecular flexibility index (Phi) is 7.98. The van der Waals surface area contributed by atoms with Crippen LogP contribution >= 0.6 is 0 Å². The third-order valence-electron chi connectivity index (χ3n) is 5.36. The molecule has 1 saturated carbocycles. The normalized spacial score (nSPS) is 15.0. The number of ether oxygens (including phenoxy) is 1. The van der Waals surface area contributed by atoms with Crippen molar-refractivity contribution in [2.75, 3.05) is 0 Å². The maximum atomic E-state index is 12.9. The second kappa shape index (κ2) is 11.1. The molecule has 0 spiro atoms. The lowest BCUT2D eigenvalue weighted by Gasteiger charge is -2.26. The second-order valence-corrected chi connectivity index (χ2v) is 7.73. The van der Waals surface area contributed by atoms with Gasteiger partial charge in [0.2, 0.25) is 5.91 Å². The minimum Gasteiger partial charge on any atom is -0.445 e. The number of nitro groups is 1. The van der Waals surface area contributed by atoms with Gasteiger partial charge in [0, 0.05) is 24.6 Å². The second-order valence-electron chi connectivity index (χ2n) is 7.73. The number of carbonyl (C=O) groups is 2. The van der Waals surface area contributed by atoms with Crippen molar-refractivity contribution in [3.05, 3.63) is 75.8 Å². The molecular formula is C23H27N3O5. The van der Waals surface area contributed by atoms with E-state index in [9.17, 15) is 19.7 Å². The number of amides is 2. The van der Waals surface area contributed by atoms with Crippen molar-refractivity contribution in [1.82, 2.24) is 10.6 Å². The highest BCUT2D eigenvalue weighted by molar-refractivity contribution is 5.86. The molecule has 0 aromatic heterocycles. The predicted molar refractivity (Wildman–Crippen MR) is 115 cm³/mol. The first-order valence-corrected chi connectivity index (χ1v) is 10.5. The first-order chi connectivity index (χ1) is 15.0. The van der Waals surface area contributed by atoms with Gasteiger partial charge in [-0.15, -0.1) is 0 Å². The van der Waals surface area contributed by atoms with Crippen LogP contribution in [0.4, 0.5) is 10.5 Å². The molecule has 0 radical (unpaired) electrons. The van der Waals surface area contributed by atoms with Gasteiger partial charge in [-0.3, -0.25) is 14.9 Å². The predicted octanol–water partition coefficient (Wildman–Crippen LogP) is 3.88. The zero-order valence-electron chi connectivity index (χ0n) is 17.3. The minimum absolute atomic E-state index is 0.0258. The van der Waals surface area contributed by atoms with Gasteiger partial charge < -0.3 is 15.4 Å². The number of hydrogen-bond donors (Lipinski definition) is 2. The van der Waals surface area contributed by atoms with Gasteiger partial charge in [-0.25, -0.2) is 4.79 Å². The molecule has 3 rings (SSSR count). The number of carbonyl (C=O) groups excluding carboxylic acids is 2. The van der Waals surface area contributed by atoms with Gasteiger partial charge in [0.15, 0.2) is 0 Å². The third kappa shape index (κ3) is 7.09. The Labute approximate surface area is 181 Å². The number of hydrogen-bond acceptors (Lipinski definition) is 5. The van der Waals surface area contributed by atoms with Gasteiger partial charge in [-0.1, -0.05) is 61.7 Å². The summed E-state index contributed by atoms with van der Waals surface area (Å²) in [6.45, 7) is 0.0984. The van der Waals surface area contributed by atoms with Gasteiger partial charge in [0.25, 0.3) is 5.69 Å². The molecule has 164 valence electrons. The molecule has 1 aliphatic carbocycles. The average molecular weight is 425 g/mol. The van der Waals surface area contributed by atoms with Crippen LogP contribution in [0.15, 0.2) is 54.6 Å². The summed E-state index contributed by atoms with van der Waals surface area (Å²) in [5, 5.41) is 16.6. The van der Waals surface area contributed by atoms with Crippen LogP contribution in [-0.2, 0) is 22.6 Å². The van der Waals surface area contributed by atoms with E-state index in [1.165, 1.54) is 18.6 Å². The molecule has 0 bridgehead atoms. The highest BCUT2D eigenvalue weighted by Gasteiger charge is 2.25. The fourth-order valence-electron chi connectivity index (χ4n) is 3.65. The molecule has 2 aromatic rings. The Morgan fingerprint density at radius 1 is 1.00 bits per heavy atom. The van der Waals surface area contributed by atoms with Gasteiger partial charge in [0.1, 0.15) is 12.6 Å². The molecule has 2 N–H and O–H groups in total. The maximum absolute atomic E-state index is 12.9. The SMILES string of the molecule is O=C(N[C@H](Cc1ccc([N+](=O)[O-])cc1)C(=O)NC1CCCCC1)OCc1ccccc1. The Morgan fingerprint density at radius 3 is 2.32 bits per heavy atom.